The Labute approximate surface area is 239 Å². The zero-order valence-corrected chi connectivity index (χ0v) is 25.1. The number of aromatic nitrogens is 3. The molecule has 0 atom stereocenters. The number of rotatable bonds is 11. The summed E-state index contributed by atoms with van der Waals surface area (Å²) in [5.41, 5.74) is 0.0452. The average Bonchev–Trinajstić information content (AvgIpc) is 2.94. The fraction of sp³-hybridized carbons (Fsp3) is 0.276. The van der Waals surface area contributed by atoms with E-state index in [9.17, 15) is 0 Å². The van der Waals surface area contributed by atoms with Gasteiger partial charge in [-0.3, -0.25) is 0 Å². The summed E-state index contributed by atoms with van der Waals surface area (Å²) in [5.74, 6) is -0.182. The van der Waals surface area contributed by atoms with Crippen LogP contribution in [0.3, 0.4) is 0 Å². The van der Waals surface area contributed by atoms with Gasteiger partial charge in [-0.15, -0.1) is 0 Å². The number of hydrogen-bond donors (Lipinski definition) is 1. The quantitative estimate of drug-likeness (QED) is 0.0573. The van der Waals surface area contributed by atoms with Crippen molar-refractivity contribution in [1.82, 2.24) is 15.0 Å². The summed E-state index contributed by atoms with van der Waals surface area (Å²) in [4.78, 5) is 13.0. The molecule has 0 amide bonds. The van der Waals surface area contributed by atoms with Gasteiger partial charge >= 0.3 is 0 Å². The second kappa shape index (κ2) is 12.5. The summed E-state index contributed by atoms with van der Waals surface area (Å²) in [7, 11) is -2.71. The Hall–Kier alpha value is -2.98. The number of hydrogen-bond acceptors (Lipinski definition) is 7. The number of anilines is 1. The molecule has 1 N–H and O–H groups in total. The molecule has 0 aliphatic carbocycles. The number of pyridine rings is 1. The molecule has 0 fully saturated rings. The summed E-state index contributed by atoms with van der Waals surface area (Å²) in [5, 5.41) is 5.97. The van der Waals surface area contributed by atoms with Crippen molar-refractivity contribution in [2.75, 3.05) is 31.3 Å². The van der Waals surface area contributed by atoms with Crippen molar-refractivity contribution in [2.24, 2.45) is 0 Å². The van der Waals surface area contributed by atoms with Crippen LogP contribution in [0, 0.1) is 5.82 Å². The van der Waals surface area contributed by atoms with Crippen molar-refractivity contribution in [3.63, 3.8) is 0 Å². The van der Waals surface area contributed by atoms with Crippen LogP contribution in [0.25, 0.3) is 10.9 Å². The molecule has 4 aromatic rings. The first-order valence-corrected chi connectivity index (χ1v) is 16.1. The lowest BCUT2D eigenvalue weighted by molar-refractivity contribution is 0.312. The molecule has 0 unspecified atom stereocenters. The lowest BCUT2D eigenvalue weighted by atomic mass is 10.2. The van der Waals surface area contributed by atoms with Crippen molar-refractivity contribution in [3.05, 3.63) is 84.3 Å². The fourth-order valence-corrected chi connectivity index (χ4v) is 9.79. The molecule has 0 aliphatic rings. The lowest BCUT2D eigenvalue weighted by Crippen LogP contribution is -2.66. The van der Waals surface area contributed by atoms with Gasteiger partial charge in [0.2, 0.25) is 5.88 Å². The van der Waals surface area contributed by atoms with Crippen molar-refractivity contribution >= 4 is 58.8 Å². The third-order valence-electron chi connectivity index (χ3n) is 6.34. The highest BCUT2D eigenvalue weighted by Crippen LogP contribution is 2.37. The molecule has 0 spiro atoms. The minimum Gasteiger partial charge on any atom is -0.473 e. The maximum Gasteiger partial charge on any atom is 0.261 e. The Bertz CT molecular complexity index is 1400. The number of nitrogens with zero attached hydrogens (tertiary/aromatic N) is 3. The molecular formula is C29H32ClFN4O2SSi. The predicted molar refractivity (Wildman–Crippen MR) is 162 cm³/mol. The normalized spacial score (nSPS) is 11.9. The highest BCUT2D eigenvalue weighted by molar-refractivity contribution is 7.98. The number of thioether (sulfide) groups is 1. The number of ether oxygens (including phenoxy) is 1. The van der Waals surface area contributed by atoms with Gasteiger partial charge in [0.1, 0.15) is 23.3 Å². The zero-order valence-electron chi connectivity index (χ0n) is 22.5. The molecule has 2 aromatic carbocycles. The molecule has 204 valence electrons. The summed E-state index contributed by atoms with van der Waals surface area (Å²) >= 11 is 7.36. The van der Waals surface area contributed by atoms with Gasteiger partial charge in [0.25, 0.3) is 8.32 Å². The van der Waals surface area contributed by atoms with E-state index in [1.807, 2.05) is 18.4 Å². The van der Waals surface area contributed by atoms with Crippen molar-refractivity contribution in [2.45, 2.75) is 31.0 Å². The first kappa shape index (κ1) is 29.0. The first-order chi connectivity index (χ1) is 18.7. The minimum absolute atomic E-state index is 0.0452. The van der Waals surface area contributed by atoms with Gasteiger partial charge in [0, 0.05) is 6.54 Å². The van der Waals surface area contributed by atoms with Gasteiger partial charge in [-0.2, -0.15) is 4.98 Å². The Morgan fingerprint density at radius 1 is 1.03 bits per heavy atom. The fourth-order valence-electron chi connectivity index (χ4n) is 4.69. The highest BCUT2D eigenvalue weighted by Gasteiger charge is 2.50. The van der Waals surface area contributed by atoms with E-state index in [2.05, 4.69) is 96.1 Å². The van der Waals surface area contributed by atoms with E-state index in [1.165, 1.54) is 22.1 Å². The number of halogens is 2. The van der Waals surface area contributed by atoms with Gasteiger partial charge in [-0.25, -0.2) is 14.4 Å². The van der Waals surface area contributed by atoms with Crippen molar-refractivity contribution in [3.8, 4) is 5.88 Å². The third-order valence-corrected chi connectivity index (χ3v) is 12.2. The monoisotopic (exact) mass is 582 g/mol. The van der Waals surface area contributed by atoms with Crippen LogP contribution in [-0.2, 0) is 4.43 Å². The molecule has 0 bridgehead atoms. The Balaban J connectivity index is 1.70. The van der Waals surface area contributed by atoms with E-state index in [0.717, 1.165) is 0 Å². The zero-order chi connectivity index (χ0) is 28.0. The average molecular weight is 583 g/mol. The smallest absolute Gasteiger partial charge is 0.261 e. The van der Waals surface area contributed by atoms with Crippen LogP contribution < -0.4 is 20.4 Å². The molecule has 0 radical (unpaired) electrons. The summed E-state index contributed by atoms with van der Waals surface area (Å²) in [6.45, 7) is 11.3. The highest BCUT2D eigenvalue weighted by atomic mass is 35.5. The number of fused-ring (bicyclic) bond motifs is 1. The summed E-state index contributed by atoms with van der Waals surface area (Å²) < 4.78 is 27.7. The molecule has 0 saturated heterocycles. The molecule has 2 heterocycles. The van der Waals surface area contributed by atoms with E-state index in [4.69, 9.17) is 20.8 Å². The standard InChI is InChI=1S/C29H32ClFN4O2SSi/c1-6-18-36-27-22-24(23(31)25(30)34-27)33-28(38-5)35-26(22)32-17-19-37-39(29(2,3)4,20-13-9-7-10-14-20)21-15-11-8-12-16-21/h6-16H,1,17-19H2,2-5H3,(H,32,33,35). The van der Waals surface area contributed by atoms with Crippen LogP contribution in [0.4, 0.5) is 10.2 Å². The van der Waals surface area contributed by atoms with E-state index in [-0.39, 0.29) is 28.2 Å². The number of nitrogens with one attached hydrogen (secondary N) is 1. The summed E-state index contributed by atoms with van der Waals surface area (Å²) in [6, 6.07) is 20.9. The number of benzene rings is 2. The maximum absolute atomic E-state index is 15.0. The Morgan fingerprint density at radius 3 is 2.18 bits per heavy atom. The second-order valence-electron chi connectivity index (χ2n) is 9.84. The predicted octanol–water partition coefficient (Wildman–Crippen LogP) is 6.09. The first-order valence-electron chi connectivity index (χ1n) is 12.6. The maximum atomic E-state index is 15.0. The van der Waals surface area contributed by atoms with E-state index < -0.39 is 14.1 Å². The molecule has 2 aromatic heterocycles. The van der Waals surface area contributed by atoms with Gasteiger partial charge in [0.05, 0.1) is 6.61 Å². The van der Waals surface area contributed by atoms with Gasteiger partial charge in [0.15, 0.2) is 16.1 Å². The van der Waals surface area contributed by atoms with Crippen LogP contribution in [-0.4, -0.2) is 49.3 Å². The van der Waals surface area contributed by atoms with Gasteiger partial charge in [-0.1, -0.05) is 117 Å². The molecular weight excluding hydrogens is 551 g/mol. The molecule has 6 nitrogen and oxygen atoms in total. The summed E-state index contributed by atoms with van der Waals surface area (Å²) in [6.07, 6.45) is 3.40. The van der Waals surface area contributed by atoms with E-state index >= 15 is 4.39 Å². The van der Waals surface area contributed by atoms with Crippen LogP contribution in [0.5, 0.6) is 5.88 Å². The van der Waals surface area contributed by atoms with Crippen molar-refractivity contribution < 1.29 is 13.6 Å². The van der Waals surface area contributed by atoms with Crippen LogP contribution in [0.2, 0.25) is 10.2 Å². The second-order valence-corrected chi connectivity index (χ2v) is 15.3. The molecule has 4 rings (SSSR count). The third kappa shape index (κ3) is 5.96. The van der Waals surface area contributed by atoms with Crippen LogP contribution in [0.15, 0.2) is 78.5 Å². The van der Waals surface area contributed by atoms with Crippen molar-refractivity contribution in [1.29, 1.82) is 0 Å². The Morgan fingerprint density at radius 2 is 1.64 bits per heavy atom. The van der Waals surface area contributed by atoms with E-state index in [0.29, 0.717) is 29.5 Å². The minimum atomic E-state index is -2.71. The topological polar surface area (TPSA) is 69.2 Å². The molecule has 0 aliphatic heterocycles. The molecule has 0 saturated carbocycles. The van der Waals surface area contributed by atoms with Gasteiger partial charge in [-0.05, 0) is 21.7 Å². The molecule has 10 heteroatoms. The Kier molecular flexibility index (Phi) is 9.27. The molecule has 39 heavy (non-hydrogen) atoms. The SMILES string of the molecule is C=CCOc1nc(Cl)c(F)c2nc(SC)nc(NCCO[Si](c3ccccc3)(c3ccccc3)C(C)(C)C)c12. The van der Waals surface area contributed by atoms with E-state index in [1.54, 1.807) is 6.08 Å². The lowest BCUT2D eigenvalue weighted by Gasteiger charge is -2.43. The van der Waals surface area contributed by atoms with Crippen LogP contribution >= 0.6 is 23.4 Å². The largest absolute Gasteiger partial charge is 0.473 e. The van der Waals surface area contributed by atoms with Gasteiger partial charge < -0.3 is 14.5 Å². The van der Waals surface area contributed by atoms with Crippen LogP contribution in [0.1, 0.15) is 20.8 Å².